The van der Waals surface area contributed by atoms with Gasteiger partial charge in [0, 0.05) is 12.2 Å². The van der Waals surface area contributed by atoms with Crippen LogP contribution >= 0.6 is 11.6 Å². The number of halogens is 1. The first-order valence-corrected chi connectivity index (χ1v) is 8.29. The van der Waals surface area contributed by atoms with Gasteiger partial charge in [-0.05, 0) is 55.7 Å². The van der Waals surface area contributed by atoms with E-state index in [1.54, 1.807) is 29.2 Å². The van der Waals surface area contributed by atoms with Crippen LogP contribution in [-0.4, -0.2) is 24.4 Å². The molecule has 2 amide bonds. The van der Waals surface area contributed by atoms with Gasteiger partial charge in [-0.3, -0.25) is 9.59 Å². The largest absolute Gasteiger partial charge is 0.340 e. The lowest BCUT2D eigenvalue weighted by Gasteiger charge is -2.18. The number of carbonyl (C=O) groups is 2. The van der Waals surface area contributed by atoms with Crippen LogP contribution in [0.5, 0.6) is 0 Å². The zero-order valence-corrected chi connectivity index (χ0v) is 14.4. The Kier molecular flexibility index (Phi) is 4.58. The van der Waals surface area contributed by atoms with Gasteiger partial charge in [-0.1, -0.05) is 29.8 Å². The Morgan fingerprint density at radius 1 is 1.17 bits per heavy atom. The Labute approximate surface area is 146 Å². The second-order valence-corrected chi connectivity index (χ2v) is 6.46. The second-order valence-electron chi connectivity index (χ2n) is 6.05. The van der Waals surface area contributed by atoms with Crippen molar-refractivity contribution in [1.82, 2.24) is 5.32 Å². The Bertz CT molecular complexity index is 804. The van der Waals surface area contributed by atoms with Gasteiger partial charge < -0.3 is 10.2 Å². The van der Waals surface area contributed by atoms with Crippen LogP contribution in [0.25, 0.3) is 0 Å². The molecule has 4 nitrogen and oxygen atoms in total. The number of carbonyl (C=O) groups excluding carboxylic acids is 2. The average molecular weight is 343 g/mol. The molecule has 1 aliphatic rings. The molecule has 5 heteroatoms. The number of aryl methyl sites for hydroxylation is 2. The average Bonchev–Trinajstić information content (AvgIpc) is 2.91. The van der Waals surface area contributed by atoms with Gasteiger partial charge in [-0.15, -0.1) is 0 Å². The minimum atomic E-state index is -0.518. The highest BCUT2D eigenvalue weighted by molar-refractivity contribution is 6.33. The minimum absolute atomic E-state index is 0.0846. The van der Waals surface area contributed by atoms with Gasteiger partial charge in [-0.25, -0.2) is 0 Å². The summed E-state index contributed by atoms with van der Waals surface area (Å²) >= 11 is 6.04. The maximum atomic E-state index is 12.6. The van der Waals surface area contributed by atoms with Crippen molar-refractivity contribution in [3.63, 3.8) is 0 Å². The number of benzene rings is 2. The van der Waals surface area contributed by atoms with Crippen molar-refractivity contribution in [2.75, 3.05) is 11.4 Å². The van der Waals surface area contributed by atoms with E-state index in [9.17, 15) is 9.59 Å². The Morgan fingerprint density at radius 3 is 2.62 bits per heavy atom. The highest BCUT2D eigenvalue weighted by Crippen LogP contribution is 2.24. The maximum absolute atomic E-state index is 12.6. The molecule has 1 saturated heterocycles. The molecule has 0 radical (unpaired) electrons. The van der Waals surface area contributed by atoms with Crippen LogP contribution < -0.4 is 10.2 Å². The number of hydrogen-bond acceptors (Lipinski definition) is 2. The number of nitrogens with one attached hydrogen (secondary N) is 1. The summed E-state index contributed by atoms with van der Waals surface area (Å²) < 4.78 is 0. The predicted octanol–water partition coefficient (Wildman–Crippen LogP) is 3.49. The molecular weight excluding hydrogens is 324 g/mol. The van der Waals surface area contributed by atoms with E-state index < -0.39 is 6.04 Å². The molecule has 2 aromatic carbocycles. The number of rotatable bonds is 3. The van der Waals surface area contributed by atoms with Crippen molar-refractivity contribution >= 4 is 29.1 Å². The first-order valence-electron chi connectivity index (χ1n) is 7.91. The van der Waals surface area contributed by atoms with Crippen molar-refractivity contribution in [3.8, 4) is 0 Å². The Morgan fingerprint density at radius 2 is 1.92 bits per heavy atom. The molecule has 124 valence electrons. The van der Waals surface area contributed by atoms with Crippen molar-refractivity contribution in [1.29, 1.82) is 0 Å². The molecule has 0 spiro atoms. The van der Waals surface area contributed by atoms with Gasteiger partial charge in [0.2, 0.25) is 5.91 Å². The third-order valence-electron chi connectivity index (χ3n) is 4.43. The summed E-state index contributed by atoms with van der Waals surface area (Å²) in [7, 11) is 0. The lowest BCUT2D eigenvalue weighted by molar-refractivity contribution is -0.118. The summed E-state index contributed by atoms with van der Waals surface area (Å²) in [6.45, 7) is 4.66. The summed E-state index contributed by atoms with van der Waals surface area (Å²) in [5.74, 6) is -0.403. The number of anilines is 1. The molecule has 24 heavy (non-hydrogen) atoms. The summed E-state index contributed by atoms with van der Waals surface area (Å²) in [6.07, 6.45) is 0.585. The van der Waals surface area contributed by atoms with Gasteiger partial charge in [0.25, 0.3) is 5.91 Å². The Hall–Kier alpha value is -2.33. The standard InChI is InChI=1S/C19H19ClN2O2/c1-12-7-8-14(11-13(12)2)22-10-9-17(19(22)24)21-18(23)15-5-3-4-6-16(15)20/h3-8,11,17H,9-10H2,1-2H3,(H,21,23)/t17-/m0/s1. The zero-order chi connectivity index (χ0) is 17.3. The molecule has 1 fully saturated rings. The minimum Gasteiger partial charge on any atom is -0.340 e. The van der Waals surface area contributed by atoms with E-state index in [1.165, 1.54) is 5.56 Å². The van der Waals surface area contributed by atoms with E-state index in [1.807, 2.05) is 32.0 Å². The molecule has 2 aromatic rings. The van der Waals surface area contributed by atoms with Gasteiger partial charge in [0.1, 0.15) is 6.04 Å². The van der Waals surface area contributed by atoms with Crippen LogP contribution in [0.3, 0.4) is 0 Å². The van der Waals surface area contributed by atoms with Crippen LogP contribution in [0.15, 0.2) is 42.5 Å². The van der Waals surface area contributed by atoms with Gasteiger partial charge in [0.15, 0.2) is 0 Å². The van der Waals surface area contributed by atoms with E-state index in [4.69, 9.17) is 11.6 Å². The first-order chi connectivity index (χ1) is 11.5. The van der Waals surface area contributed by atoms with Crippen LogP contribution in [0.2, 0.25) is 5.02 Å². The summed E-state index contributed by atoms with van der Waals surface area (Å²) in [5, 5.41) is 3.18. The number of hydrogen-bond donors (Lipinski definition) is 1. The molecular formula is C19H19ClN2O2. The van der Waals surface area contributed by atoms with Gasteiger partial charge >= 0.3 is 0 Å². The molecule has 0 aromatic heterocycles. The van der Waals surface area contributed by atoms with E-state index in [2.05, 4.69) is 5.32 Å². The van der Waals surface area contributed by atoms with Gasteiger partial charge in [-0.2, -0.15) is 0 Å². The van der Waals surface area contributed by atoms with Gasteiger partial charge in [0.05, 0.1) is 10.6 Å². The topological polar surface area (TPSA) is 49.4 Å². The predicted molar refractivity (Wildman–Crippen MR) is 95.6 cm³/mol. The fourth-order valence-corrected chi connectivity index (χ4v) is 3.07. The lowest BCUT2D eigenvalue weighted by atomic mass is 10.1. The third-order valence-corrected chi connectivity index (χ3v) is 4.76. The summed E-state index contributed by atoms with van der Waals surface area (Å²) in [6, 6.07) is 12.3. The number of amides is 2. The highest BCUT2D eigenvalue weighted by atomic mass is 35.5. The van der Waals surface area contributed by atoms with E-state index in [0.29, 0.717) is 23.6 Å². The molecule has 0 aliphatic carbocycles. The fourth-order valence-electron chi connectivity index (χ4n) is 2.85. The molecule has 0 saturated carbocycles. The van der Waals surface area contributed by atoms with Crippen molar-refractivity contribution in [2.45, 2.75) is 26.3 Å². The third kappa shape index (κ3) is 3.15. The smallest absolute Gasteiger partial charge is 0.253 e. The molecule has 1 heterocycles. The van der Waals surface area contributed by atoms with Crippen LogP contribution in [0.1, 0.15) is 27.9 Å². The molecule has 1 aliphatic heterocycles. The number of nitrogens with zero attached hydrogens (tertiary/aromatic N) is 1. The summed E-state index contributed by atoms with van der Waals surface area (Å²) in [5.41, 5.74) is 3.59. The molecule has 1 N–H and O–H groups in total. The maximum Gasteiger partial charge on any atom is 0.253 e. The van der Waals surface area contributed by atoms with Crippen molar-refractivity contribution in [3.05, 3.63) is 64.2 Å². The highest BCUT2D eigenvalue weighted by Gasteiger charge is 2.34. The lowest BCUT2D eigenvalue weighted by Crippen LogP contribution is -2.41. The first kappa shape index (κ1) is 16.5. The monoisotopic (exact) mass is 342 g/mol. The Balaban J connectivity index is 1.73. The second kappa shape index (κ2) is 6.65. The SMILES string of the molecule is Cc1ccc(N2CC[C@H](NC(=O)c3ccccc3Cl)C2=O)cc1C. The molecule has 3 rings (SSSR count). The van der Waals surface area contributed by atoms with E-state index >= 15 is 0 Å². The van der Waals surface area contributed by atoms with E-state index in [0.717, 1.165) is 11.3 Å². The van der Waals surface area contributed by atoms with Crippen LogP contribution in [0.4, 0.5) is 5.69 Å². The summed E-state index contributed by atoms with van der Waals surface area (Å²) in [4.78, 5) is 26.7. The fraction of sp³-hybridized carbons (Fsp3) is 0.263. The van der Waals surface area contributed by atoms with Crippen LogP contribution in [-0.2, 0) is 4.79 Å². The molecule has 0 bridgehead atoms. The van der Waals surface area contributed by atoms with Crippen molar-refractivity contribution < 1.29 is 9.59 Å². The zero-order valence-electron chi connectivity index (χ0n) is 13.7. The molecule has 1 atom stereocenters. The quantitative estimate of drug-likeness (QED) is 0.928. The van der Waals surface area contributed by atoms with Crippen molar-refractivity contribution in [2.24, 2.45) is 0 Å². The molecule has 0 unspecified atom stereocenters. The normalized spacial score (nSPS) is 17.2. The van der Waals surface area contributed by atoms with E-state index in [-0.39, 0.29) is 11.8 Å². The van der Waals surface area contributed by atoms with Crippen LogP contribution in [0, 0.1) is 13.8 Å².